The van der Waals surface area contributed by atoms with Crippen LogP contribution in [0.2, 0.25) is 0 Å². The predicted octanol–water partition coefficient (Wildman–Crippen LogP) is 2.30. The second-order valence-corrected chi connectivity index (χ2v) is 5.48. The van der Waals surface area contributed by atoms with E-state index < -0.39 is 11.4 Å². The molecule has 0 aromatic carbocycles. The Balaban J connectivity index is 2.08. The van der Waals surface area contributed by atoms with E-state index >= 15 is 0 Å². The first-order valence-electron chi connectivity index (χ1n) is 7.97. The second kappa shape index (κ2) is 8.69. The quantitative estimate of drug-likeness (QED) is 0.712. The van der Waals surface area contributed by atoms with Gasteiger partial charge in [-0.25, -0.2) is 4.79 Å². The van der Waals surface area contributed by atoms with Gasteiger partial charge in [0.2, 0.25) is 5.43 Å². The number of nitrogens with one attached hydrogen (secondary N) is 1. The first-order valence-corrected chi connectivity index (χ1v) is 7.97. The third-order valence-electron chi connectivity index (χ3n) is 3.56. The molecule has 1 saturated heterocycles. The minimum absolute atomic E-state index is 0.0927. The van der Waals surface area contributed by atoms with Crippen molar-refractivity contribution in [2.24, 2.45) is 0 Å². The third-order valence-corrected chi connectivity index (χ3v) is 3.56. The van der Waals surface area contributed by atoms with Gasteiger partial charge in [-0.05, 0) is 25.7 Å². The van der Waals surface area contributed by atoms with Crippen molar-refractivity contribution >= 4 is 5.97 Å². The van der Waals surface area contributed by atoms with Gasteiger partial charge in [0.25, 0.3) is 0 Å². The first-order chi connectivity index (χ1) is 11.1. The van der Waals surface area contributed by atoms with Crippen LogP contribution in [-0.2, 0) is 16.1 Å². The highest BCUT2D eigenvalue weighted by molar-refractivity contribution is 5.88. The Kier molecular flexibility index (Phi) is 6.61. The number of ether oxygens (including phenoxy) is 3. The monoisotopic (exact) mass is 325 g/mol. The summed E-state index contributed by atoms with van der Waals surface area (Å²) in [4.78, 5) is 26.2. The van der Waals surface area contributed by atoms with Crippen LogP contribution in [0.4, 0.5) is 0 Å². The molecule has 0 amide bonds. The summed E-state index contributed by atoms with van der Waals surface area (Å²) in [5, 5.41) is 9.27. The average molecular weight is 325 g/mol. The lowest BCUT2D eigenvalue weighted by atomic mass is 10.2. The molecule has 7 nitrogen and oxygen atoms in total. The first kappa shape index (κ1) is 17.5. The van der Waals surface area contributed by atoms with Gasteiger partial charge in [-0.2, -0.15) is 0 Å². The van der Waals surface area contributed by atoms with E-state index in [0.717, 1.165) is 32.1 Å². The molecule has 23 heavy (non-hydrogen) atoms. The van der Waals surface area contributed by atoms with Crippen LogP contribution in [0, 0.1) is 0 Å². The Morgan fingerprint density at radius 1 is 1.48 bits per heavy atom. The van der Waals surface area contributed by atoms with Crippen LogP contribution in [0.5, 0.6) is 5.75 Å². The lowest BCUT2D eigenvalue weighted by Gasteiger charge is -2.22. The van der Waals surface area contributed by atoms with E-state index in [0.29, 0.717) is 18.9 Å². The minimum atomic E-state index is -1.23. The molecule has 0 aliphatic carbocycles. The van der Waals surface area contributed by atoms with Gasteiger partial charge in [0.1, 0.15) is 0 Å². The Bertz CT molecular complexity index is 576. The van der Waals surface area contributed by atoms with Crippen LogP contribution in [-0.4, -0.2) is 35.6 Å². The van der Waals surface area contributed by atoms with Crippen molar-refractivity contribution in [3.63, 3.8) is 0 Å². The highest BCUT2D eigenvalue weighted by atomic mass is 16.7. The van der Waals surface area contributed by atoms with E-state index in [1.165, 1.54) is 6.07 Å². The molecule has 2 N–H and O–H groups in total. The summed E-state index contributed by atoms with van der Waals surface area (Å²) in [6.45, 7) is 3.05. The van der Waals surface area contributed by atoms with Gasteiger partial charge < -0.3 is 24.3 Å². The predicted molar refractivity (Wildman–Crippen MR) is 82.8 cm³/mol. The zero-order valence-electron chi connectivity index (χ0n) is 13.3. The number of carboxylic acids is 1. The van der Waals surface area contributed by atoms with Gasteiger partial charge >= 0.3 is 5.97 Å². The van der Waals surface area contributed by atoms with Crippen LogP contribution in [0.1, 0.15) is 55.2 Å². The van der Waals surface area contributed by atoms with Crippen molar-refractivity contribution in [2.45, 2.75) is 51.9 Å². The van der Waals surface area contributed by atoms with E-state index in [9.17, 15) is 14.7 Å². The van der Waals surface area contributed by atoms with Gasteiger partial charge in [0, 0.05) is 18.4 Å². The number of H-pyrrole nitrogens is 1. The largest absolute Gasteiger partial charge is 0.487 e. The van der Waals surface area contributed by atoms with Crippen molar-refractivity contribution in [3.05, 3.63) is 27.7 Å². The van der Waals surface area contributed by atoms with Crippen LogP contribution < -0.4 is 10.2 Å². The fraction of sp³-hybridized carbons (Fsp3) is 0.625. The number of aromatic nitrogens is 1. The molecule has 1 aliphatic rings. The number of hydrogen-bond donors (Lipinski definition) is 2. The summed E-state index contributed by atoms with van der Waals surface area (Å²) in [6, 6.07) is 1.32. The summed E-state index contributed by atoms with van der Waals surface area (Å²) >= 11 is 0. The number of hydrogen-bond acceptors (Lipinski definition) is 5. The van der Waals surface area contributed by atoms with Crippen molar-refractivity contribution in [2.75, 3.05) is 13.2 Å². The maximum absolute atomic E-state index is 12.1. The molecule has 1 fully saturated rings. The molecule has 0 bridgehead atoms. The highest BCUT2D eigenvalue weighted by Crippen LogP contribution is 2.17. The summed E-state index contributed by atoms with van der Waals surface area (Å²) < 4.78 is 16.3. The molecule has 0 saturated carbocycles. The fourth-order valence-corrected chi connectivity index (χ4v) is 2.32. The second-order valence-electron chi connectivity index (χ2n) is 5.48. The summed E-state index contributed by atoms with van der Waals surface area (Å²) in [5.41, 5.74) is -0.304. The molecular formula is C16H23NO6. The molecule has 1 unspecified atom stereocenters. The van der Waals surface area contributed by atoms with Crippen molar-refractivity contribution in [1.82, 2.24) is 4.98 Å². The minimum Gasteiger partial charge on any atom is -0.487 e. The third kappa shape index (κ3) is 5.07. The number of carboxylic acid groups (broad SMARTS) is 1. The Hall–Kier alpha value is -1.86. The van der Waals surface area contributed by atoms with E-state index in [-0.39, 0.29) is 24.3 Å². The lowest BCUT2D eigenvalue weighted by molar-refractivity contribution is -0.169. The van der Waals surface area contributed by atoms with Crippen LogP contribution in [0.25, 0.3) is 0 Å². The Labute approximate surface area is 134 Å². The number of rotatable bonds is 8. The van der Waals surface area contributed by atoms with Gasteiger partial charge in [-0.3, -0.25) is 4.79 Å². The standard InChI is InChI=1S/C16H23NO6/c1-2-3-7-22-15-12(18)9-11(17-14(15)16(19)20)10-23-13-6-4-5-8-21-13/h9,13H,2-8,10H2,1H3,(H,17,18)(H,19,20). The zero-order chi connectivity index (χ0) is 16.7. The number of unbranched alkanes of at least 4 members (excludes halogenated alkanes) is 1. The zero-order valence-corrected chi connectivity index (χ0v) is 13.3. The van der Waals surface area contributed by atoms with Crippen LogP contribution >= 0.6 is 0 Å². The average Bonchev–Trinajstić information content (AvgIpc) is 2.55. The van der Waals surface area contributed by atoms with Crippen LogP contribution in [0.15, 0.2) is 10.9 Å². The number of carbonyl (C=O) groups is 1. The SMILES string of the molecule is CCCCOc1c(C(=O)O)[nH]c(COC2CCCCO2)cc1=O. The molecule has 2 rings (SSSR count). The number of aromatic amines is 1. The van der Waals surface area contributed by atoms with E-state index in [2.05, 4.69) is 4.98 Å². The van der Waals surface area contributed by atoms with Gasteiger partial charge in [-0.15, -0.1) is 0 Å². The van der Waals surface area contributed by atoms with Gasteiger partial charge in [0.15, 0.2) is 17.7 Å². The smallest absolute Gasteiger partial charge is 0.356 e. The van der Waals surface area contributed by atoms with Gasteiger partial charge in [-0.1, -0.05) is 13.3 Å². The highest BCUT2D eigenvalue weighted by Gasteiger charge is 2.19. The molecule has 1 atom stereocenters. The molecule has 0 spiro atoms. The fourth-order valence-electron chi connectivity index (χ4n) is 2.32. The molecule has 0 radical (unpaired) electrons. The summed E-state index contributed by atoms with van der Waals surface area (Å²) in [6.07, 6.45) is 4.20. The topological polar surface area (TPSA) is 97.8 Å². The van der Waals surface area contributed by atoms with E-state index in [4.69, 9.17) is 14.2 Å². The molecule has 128 valence electrons. The lowest BCUT2D eigenvalue weighted by Crippen LogP contribution is -2.23. The van der Waals surface area contributed by atoms with E-state index in [1.54, 1.807) is 0 Å². The molecule has 1 aromatic heterocycles. The normalized spacial score (nSPS) is 17.9. The Morgan fingerprint density at radius 3 is 2.96 bits per heavy atom. The van der Waals surface area contributed by atoms with Crippen LogP contribution in [0.3, 0.4) is 0 Å². The molecule has 1 aliphatic heterocycles. The van der Waals surface area contributed by atoms with Crippen molar-refractivity contribution in [1.29, 1.82) is 0 Å². The molecule has 2 heterocycles. The number of aromatic carboxylic acids is 1. The Morgan fingerprint density at radius 2 is 2.30 bits per heavy atom. The van der Waals surface area contributed by atoms with E-state index in [1.807, 2.05) is 6.92 Å². The van der Waals surface area contributed by atoms with Gasteiger partial charge in [0.05, 0.1) is 13.2 Å². The van der Waals surface area contributed by atoms with Crippen molar-refractivity contribution in [3.8, 4) is 5.75 Å². The van der Waals surface area contributed by atoms with Crippen molar-refractivity contribution < 1.29 is 24.1 Å². The summed E-state index contributed by atoms with van der Waals surface area (Å²) in [7, 11) is 0. The summed E-state index contributed by atoms with van der Waals surface area (Å²) in [5.74, 6) is -1.38. The molecular weight excluding hydrogens is 302 g/mol. The number of pyridine rings is 1. The maximum atomic E-state index is 12.1. The maximum Gasteiger partial charge on any atom is 0.356 e. The molecule has 7 heteroatoms. The molecule has 1 aromatic rings.